The molecule has 1 saturated carbocycles. The average molecular weight is 473 g/mol. The van der Waals surface area contributed by atoms with Crippen molar-refractivity contribution in [3.8, 4) is 11.5 Å². The molecule has 2 rings (SSSR count). The van der Waals surface area contributed by atoms with Crippen molar-refractivity contribution in [2.24, 2.45) is 11.8 Å². The molecule has 1 aromatic rings. The van der Waals surface area contributed by atoms with E-state index in [4.69, 9.17) is 37.4 Å². The third-order valence-electron chi connectivity index (χ3n) is 5.29. The minimum atomic E-state index is -0.314. The highest BCUT2D eigenvalue weighted by Crippen LogP contribution is 2.31. The third kappa shape index (κ3) is 9.92. The summed E-state index contributed by atoms with van der Waals surface area (Å²) in [7, 11) is 0. The quantitative estimate of drug-likeness (QED) is 0.128. The summed E-state index contributed by atoms with van der Waals surface area (Å²) >= 11 is 11.0. The molecule has 1 aliphatic carbocycles. The molecular formula is C23H30Cl2O6. The van der Waals surface area contributed by atoms with Crippen LogP contribution < -0.4 is 9.47 Å². The van der Waals surface area contributed by atoms with E-state index in [0.29, 0.717) is 50.5 Å². The zero-order valence-corrected chi connectivity index (χ0v) is 19.2. The Morgan fingerprint density at radius 2 is 1.42 bits per heavy atom. The van der Waals surface area contributed by atoms with Crippen LogP contribution in [0, 0.1) is 11.8 Å². The smallest absolute Gasteiger partial charge is 0.314 e. The topological polar surface area (TPSA) is 78.9 Å². The molecule has 31 heavy (non-hydrogen) atoms. The van der Waals surface area contributed by atoms with Gasteiger partial charge in [-0.05, 0) is 87.2 Å². The number of rotatable bonds is 13. The van der Waals surface area contributed by atoms with Crippen LogP contribution in [-0.2, 0) is 19.1 Å². The molecule has 0 aliphatic heterocycles. The molecule has 0 heterocycles. The van der Waals surface area contributed by atoms with Crippen LogP contribution in [0.5, 0.6) is 11.5 Å². The van der Waals surface area contributed by atoms with Crippen molar-refractivity contribution in [1.29, 1.82) is 0 Å². The van der Waals surface area contributed by atoms with Crippen molar-refractivity contribution < 1.29 is 28.6 Å². The first-order valence-electron chi connectivity index (χ1n) is 10.8. The Morgan fingerprint density at radius 3 is 2.03 bits per heavy atom. The number of hydrogen-bond acceptors (Lipinski definition) is 6. The second-order valence-corrected chi connectivity index (χ2v) is 8.42. The summed E-state index contributed by atoms with van der Waals surface area (Å²) in [5.74, 6) is 0.657. The molecule has 0 saturated heterocycles. The van der Waals surface area contributed by atoms with E-state index in [1.807, 2.05) is 0 Å². The van der Waals surface area contributed by atoms with E-state index in [1.165, 1.54) is 0 Å². The van der Waals surface area contributed by atoms with Crippen molar-refractivity contribution in [3.63, 3.8) is 0 Å². The van der Waals surface area contributed by atoms with Crippen LogP contribution in [-0.4, -0.2) is 36.3 Å². The predicted molar refractivity (Wildman–Crippen MR) is 119 cm³/mol. The molecule has 0 amide bonds. The van der Waals surface area contributed by atoms with Crippen LogP contribution in [0.4, 0.5) is 0 Å². The zero-order valence-electron chi connectivity index (χ0n) is 17.7. The summed E-state index contributed by atoms with van der Waals surface area (Å²) in [6.07, 6.45) is 6.46. The maximum atomic E-state index is 12.3. The maximum Gasteiger partial charge on any atom is 0.314 e. The lowest BCUT2D eigenvalue weighted by atomic mass is 9.83. The molecule has 172 valence electrons. The van der Waals surface area contributed by atoms with Crippen molar-refractivity contribution >= 4 is 40.4 Å². The molecule has 0 radical (unpaired) electrons. The van der Waals surface area contributed by atoms with Crippen LogP contribution in [0.3, 0.4) is 0 Å². The molecule has 0 unspecified atom stereocenters. The van der Waals surface area contributed by atoms with Gasteiger partial charge >= 0.3 is 11.9 Å². The number of unbranched alkanes of at least 4 members (excludes halogenated alkanes) is 3. The van der Waals surface area contributed by atoms with E-state index < -0.39 is 0 Å². The molecule has 6 nitrogen and oxygen atoms in total. The van der Waals surface area contributed by atoms with Crippen LogP contribution in [0.25, 0.3) is 0 Å². The Kier molecular flexibility index (Phi) is 11.8. The van der Waals surface area contributed by atoms with Crippen molar-refractivity contribution in [3.05, 3.63) is 24.3 Å². The Balaban J connectivity index is 1.57. The molecule has 0 N–H and O–H groups in total. The second kappa shape index (κ2) is 14.3. The number of halogens is 2. The Labute approximate surface area is 193 Å². The third-order valence-corrected chi connectivity index (χ3v) is 5.79. The van der Waals surface area contributed by atoms with Gasteiger partial charge < -0.3 is 14.2 Å². The van der Waals surface area contributed by atoms with Crippen LogP contribution in [0.1, 0.15) is 57.8 Å². The van der Waals surface area contributed by atoms with Gasteiger partial charge in [0.2, 0.25) is 5.24 Å². The molecule has 0 aromatic heterocycles. The van der Waals surface area contributed by atoms with E-state index in [1.54, 1.807) is 24.3 Å². The maximum absolute atomic E-state index is 12.3. The highest BCUT2D eigenvalue weighted by atomic mass is 35.5. The molecule has 0 atom stereocenters. The van der Waals surface area contributed by atoms with Gasteiger partial charge in [0.1, 0.15) is 11.5 Å². The van der Waals surface area contributed by atoms with Gasteiger partial charge in [0.25, 0.3) is 0 Å². The van der Waals surface area contributed by atoms with E-state index in [2.05, 4.69) is 0 Å². The number of esters is 2. The Hall–Kier alpha value is -1.79. The van der Waals surface area contributed by atoms with Crippen molar-refractivity contribution in [2.75, 3.05) is 19.1 Å². The molecule has 8 heteroatoms. The number of alkyl halides is 1. The number of hydrogen-bond donors (Lipinski definition) is 0. The van der Waals surface area contributed by atoms with Gasteiger partial charge in [-0.3, -0.25) is 14.4 Å². The lowest BCUT2D eigenvalue weighted by Crippen LogP contribution is -2.27. The summed E-state index contributed by atoms with van der Waals surface area (Å²) in [6, 6.07) is 7.00. The molecule has 0 bridgehead atoms. The number of carbonyl (C=O) groups is 3. The van der Waals surface area contributed by atoms with Gasteiger partial charge in [-0.15, -0.1) is 11.6 Å². The molecular weight excluding hydrogens is 443 g/mol. The summed E-state index contributed by atoms with van der Waals surface area (Å²) in [6.45, 7) is 1.02. The van der Waals surface area contributed by atoms with Gasteiger partial charge in [0.05, 0.1) is 25.6 Å². The number of benzene rings is 1. The van der Waals surface area contributed by atoms with E-state index in [9.17, 15) is 14.4 Å². The summed E-state index contributed by atoms with van der Waals surface area (Å²) in [5.41, 5.74) is 0. The minimum Gasteiger partial charge on any atom is -0.494 e. The van der Waals surface area contributed by atoms with Crippen molar-refractivity contribution in [1.82, 2.24) is 0 Å². The van der Waals surface area contributed by atoms with Crippen molar-refractivity contribution in [2.45, 2.75) is 57.8 Å². The summed E-state index contributed by atoms with van der Waals surface area (Å²) in [4.78, 5) is 34.7. The highest BCUT2D eigenvalue weighted by Gasteiger charge is 2.30. The molecule has 0 spiro atoms. The van der Waals surface area contributed by atoms with Gasteiger partial charge in [-0.25, -0.2) is 0 Å². The SMILES string of the molecule is O=C(CCCl)OCCCCCCOc1ccc(OC(=O)C2CCC(C(=O)Cl)CC2)cc1. The van der Waals surface area contributed by atoms with Gasteiger partial charge in [-0.2, -0.15) is 0 Å². The largest absolute Gasteiger partial charge is 0.494 e. The monoisotopic (exact) mass is 472 g/mol. The minimum absolute atomic E-state index is 0.138. The van der Waals surface area contributed by atoms with Gasteiger partial charge in [0, 0.05) is 11.8 Å². The Bertz CT molecular complexity index is 699. The fraction of sp³-hybridized carbons (Fsp3) is 0.609. The Morgan fingerprint density at radius 1 is 0.839 bits per heavy atom. The first kappa shape index (κ1) is 25.5. The number of ether oxygens (including phenoxy) is 3. The van der Waals surface area contributed by atoms with E-state index in [-0.39, 0.29) is 35.4 Å². The van der Waals surface area contributed by atoms with E-state index in [0.717, 1.165) is 31.4 Å². The first-order valence-corrected chi connectivity index (χ1v) is 11.8. The fourth-order valence-electron chi connectivity index (χ4n) is 3.44. The van der Waals surface area contributed by atoms with Gasteiger partial charge in [0.15, 0.2) is 0 Å². The predicted octanol–water partition coefficient (Wildman–Crippen LogP) is 5.28. The highest BCUT2D eigenvalue weighted by molar-refractivity contribution is 6.63. The summed E-state index contributed by atoms with van der Waals surface area (Å²) < 4.78 is 16.2. The first-order chi connectivity index (χ1) is 15.0. The van der Waals surface area contributed by atoms with Crippen LogP contribution in [0.15, 0.2) is 24.3 Å². The average Bonchev–Trinajstić information content (AvgIpc) is 2.77. The fourth-order valence-corrected chi connectivity index (χ4v) is 3.82. The second-order valence-electron chi connectivity index (χ2n) is 7.67. The summed E-state index contributed by atoms with van der Waals surface area (Å²) in [5, 5.41) is -0.314. The van der Waals surface area contributed by atoms with E-state index >= 15 is 0 Å². The van der Waals surface area contributed by atoms with Crippen LogP contribution in [0.2, 0.25) is 0 Å². The zero-order chi connectivity index (χ0) is 22.5. The standard InChI is InChI=1S/C23H30Cl2O6/c24-14-13-21(26)30-16-4-2-1-3-15-29-19-9-11-20(12-10-19)31-23(28)18-7-5-17(6-8-18)22(25)27/h9-12,17-18H,1-8,13-16H2. The normalized spacial score (nSPS) is 18.3. The lowest BCUT2D eigenvalue weighted by molar-refractivity contribution is -0.143. The number of carbonyl (C=O) groups excluding carboxylic acids is 3. The lowest BCUT2D eigenvalue weighted by Gasteiger charge is -2.24. The molecule has 1 aliphatic rings. The molecule has 1 aromatic carbocycles. The van der Waals surface area contributed by atoms with Crippen LogP contribution >= 0.6 is 23.2 Å². The molecule has 1 fully saturated rings. The van der Waals surface area contributed by atoms with Gasteiger partial charge in [-0.1, -0.05) is 0 Å².